The number of fused-ring (bicyclic) bond motifs is 1. The van der Waals surface area contributed by atoms with Crippen LogP contribution in [0.1, 0.15) is 192 Å². The molecule has 108 heavy (non-hydrogen) atoms. The van der Waals surface area contributed by atoms with Gasteiger partial charge >= 0.3 is 0 Å². The predicted molar refractivity (Wildman–Crippen MR) is 412 cm³/mol. The number of carbonyl (C=O) groups is 11. The summed E-state index contributed by atoms with van der Waals surface area (Å²) >= 11 is 0. The molecular weight excluding hydrogens is 1390 g/mol. The fraction of sp³-hybridized carbons (Fsp3) is 0.662. The highest BCUT2D eigenvalue weighted by Crippen LogP contribution is 2.21. The highest BCUT2D eigenvalue weighted by atomic mass is 16.5. The number of aromatic amines is 1. The minimum absolute atomic E-state index is 0.00790. The van der Waals surface area contributed by atoms with E-state index in [1.807, 2.05) is 31.2 Å². The van der Waals surface area contributed by atoms with E-state index in [-0.39, 0.29) is 134 Å². The molecule has 1 fully saturated rings. The highest BCUT2D eigenvalue weighted by Gasteiger charge is 2.35. The average Bonchev–Trinajstić information content (AvgIpc) is 1.65. The van der Waals surface area contributed by atoms with E-state index in [0.717, 1.165) is 30.2 Å². The van der Waals surface area contributed by atoms with Gasteiger partial charge in [0.25, 0.3) is 0 Å². The van der Waals surface area contributed by atoms with Crippen molar-refractivity contribution in [1.29, 1.82) is 5.41 Å². The Kier molecular flexibility index (Phi) is 48.1. The molecule has 19 N–H and O–H groups in total. The Balaban J connectivity index is 1.33. The zero-order chi connectivity index (χ0) is 78.4. The Morgan fingerprint density at radius 2 is 1.09 bits per heavy atom. The summed E-state index contributed by atoms with van der Waals surface area (Å²) in [6.45, 7) is 5.57. The third-order valence-electron chi connectivity index (χ3n) is 18.4. The molecule has 7 atom stereocenters. The molecule has 31 nitrogen and oxygen atoms in total. The second-order valence-corrected chi connectivity index (χ2v) is 27.5. The van der Waals surface area contributed by atoms with Gasteiger partial charge in [-0.05, 0) is 88.1 Å². The molecule has 0 radical (unpaired) electrons. The molecule has 604 valence electrons. The number of benzene rings is 2. The van der Waals surface area contributed by atoms with Crippen LogP contribution in [0.15, 0.2) is 60.8 Å². The molecule has 10 amide bonds. The van der Waals surface area contributed by atoms with Crippen molar-refractivity contribution in [2.45, 2.75) is 236 Å². The summed E-state index contributed by atoms with van der Waals surface area (Å²) in [6, 6.07) is 6.57. The van der Waals surface area contributed by atoms with Gasteiger partial charge in [-0.3, -0.25) is 58.1 Å². The van der Waals surface area contributed by atoms with E-state index in [1.54, 1.807) is 36.5 Å². The second kappa shape index (κ2) is 56.6. The number of Topliss-reactive ketones (excluding diaryl/α,β-unsaturated/α-hetero) is 1. The van der Waals surface area contributed by atoms with Crippen LogP contribution in [-0.4, -0.2) is 210 Å². The molecule has 1 aliphatic rings. The molecule has 2 heterocycles. The summed E-state index contributed by atoms with van der Waals surface area (Å²) in [6.07, 6.45) is 20.9. The first-order valence-corrected chi connectivity index (χ1v) is 39.2. The van der Waals surface area contributed by atoms with E-state index >= 15 is 0 Å². The number of ether oxygens (including phenoxy) is 4. The molecule has 1 aliphatic heterocycles. The molecule has 1 aromatic heterocycles. The highest BCUT2D eigenvalue weighted by molar-refractivity contribution is 5.98. The lowest BCUT2D eigenvalue weighted by atomic mass is 10.0. The standard InChI is InChI=1S/C77H126N16O15/c1-3-5-7-8-9-10-11-12-13-14-15-16-20-35-67(95)83-41-43-105-45-47-107-53-68(96)84-42-44-106-46-48-108-54-69(97)87-61(31-6-4-2)71(99)90-63-37-36-57(94)29-25-39-82-38-24-23-33-60(70(79)98)88-75(103)65(50-56-52-86-59-32-22-21-30-58(56)59)92-72(100)62(34-26-40-85-77(80)81)89-74(102)64(49-55-27-18-17-19-28-55)91-76(104)66(51-78)93-73(63)101/h17-19,21-22,27-28,30,32,52,60-66,82,86H,3-16,20,23-26,29,31,33-51,53-54,78H2,1-2H3,(H2,79,98)(H,83,95)(H,84,96)(H,87,97)(H,88,103)(H,89,102)(H,90,99)(H,91,104)(H,92,100)(H,93,101)(H4,80,81,85)/t60-,61-,62-,63-,64+,65-,66-/m0/s1. The van der Waals surface area contributed by atoms with Gasteiger partial charge in [0, 0.05) is 75.4 Å². The van der Waals surface area contributed by atoms with Gasteiger partial charge in [-0.15, -0.1) is 0 Å². The molecule has 31 heteroatoms. The molecule has 0 bridgehead atoms. The van der Waals surface area contributed by atoms with Crippen LogP contribution >= 0.6 is 0 Å². The minimum atomic E-state index is -1.54. The summed E-state index contributed by atoms with van der Waals surface area (Å²) in [5.74, 6) is -7.29. The van der Waals surface area contributed by atoms with Crippen LogP contribution in [0.4, 0.5) is 0 Å². The average molecular weight is 1520 g/mol. The number of guanidine groups is 1. The second-order valence-electron chi connectivity index (χ2n) is 27.5. The number of unbranched alkanes of at least 4 members (excludes halogenated alkanes) is 13. The Morgan fingerprint density at radius 1 is 0.537 bits per heavy atom. The molecule has 0 unspecified atom stereocenters. The summed E-state index contributed by atoms with van der Waals surface area (Å²) in [5, 5.41) is 39.0. The van der Waals surface area contributed by atoms with Crippen LogP contribution in [-0.2, 0) is 84.5 Å². The normalized spacial score (nSPS) is 18.8. The Labute approximate surface area is 636 Å². The van der Waals surface area contributed by atoms with Crippen molar-refractivity contribution in [2.24, 2.45) is 17.2 Å². The summed E-state index contributed by atoms with van der Waals surface area (Å²) < 4.78 is 22.0. The van der Waals surface area contributed by atoms with Crippen molar-refractivity contribution in [3.63, 3.8) is 0 Å². The van der Waals surface area contributed by atoms with Crippen molar-refractivity contribution >= 4 is 81.7 Å². The monoisotopic (exact) mass is 1510 g/mol. The van der Waals surface area contributed by atoms with Gasteiger partial charge in [0.1, 0.15) is 61.3 Å². The van der Waals surface area contributed by atoms with Crippen molar-refractivity contribution in [3.8, 4) is 0 Å². The van der Waals surface area contributed by atoms with Crippen LogP contribution in [0, 0.1) is 5.41 Å². The maximum Gasteiger partial charge on any atom is 0.246 e. The number of H-pyrrole nitrogens is 1. The number of aromatic nitrogens is 1. The molecule has 1 saturated heterocycles. The molecular formula is C77H126N16O15. The maximum absolute atomic E-state index is 14.8. The molecule has 4 rings (SSSR count). The molecule has 3 aromatic rings. The number of hydrogen-bond acceptors (Lipinski definition) is 18. The van der Waals surface area contributed by atoms with Gasteiger partial charge in [-0.2, -0.15) is 0 Å². The first kappa shape index (κ1) is 91.8. The van der Waals surface area contributed by atoms with E-state index < -0.39 is 103 Å². The van der Waals surface area contributed by atoms with Crippen LogP contribution in [0.2, 0.25) is 0 Å². The van der Waals surface area contributed by atoms with Crippen LogP contribution in [0.3, 0.4) is 0 Å². The lowest BCUT2D eigenvalue weighted by Gasteiger charge is -2.28. The van der Waals surface area contributed by atoms with Gasteiger partial charge in [-0.1, -0.05) is 152 Å². The first-order valence-electron chi connectivity index (χ1n) is 39.2. The maximum atomic E-state index is 14.8. The number of nitrogens with one attached hydrogen (secondary N) is 13. The van der Waals surface area contributed by atoms with Gasteiger partial charge < -0.3 is 99.6 Å². The third kappa shape index (κ3) is 40.5. The minimum Gasteiger partial charge on any atom is -0.377 e. The van der Waals surface area contributed by atoms with Gasteiger partial charge in [-0.25, -0.2) is 0 Å². The van der Waals surface area contributed by atoms with Crippen LogP contribution in [0.25, 0.3) is 10.9 Å². The van der Waals surface area contributed by atoms with Crippen LogP contribution < -0.4 is 75.7 Å². The molecule has 0 saturated carbocycles. The number of nitrogens with two attached hydrogens (primary N) is 3. The Bertz CT molecular complexity index is 3160. The van der Waals surface area contributed by atoms with E-state index in [9.17, 15) is 52.7 Å². The van der Waals surface area contributed by atoms with E-state index in [0.29, 0.717) is 75.9 Å². The van der Waals surface area contributed by atoms with Gasteiger partial charge in [0.15, 0.2) is 5.96 Å². The third-order valence-corrected chi connectivity index (χ3v) is 18.4. The summed E-state index contributed by atoms with van der Waals surface area (Å²) in [5.41, 5.74) is 19.6. The summed E-state index contributed by atoms with van der Waals surface area (Å²) in [7, 11) is 0. The lowest BCUT2D eigenvalue weighted by Crippen LogP contribution is -2.61. The number of rotatable bonds is 46. The number of ketones is 1. The zero-order valence-corrected chi connectivity index (χ0v) is 63.9. The number of amides is 10. The number of carbonyl (C=O) groups excluding carboxylic acids is 11. The van der Waals surface area contributed by atoms with E-state index in [4.69, 9.17) is 41.6 Å². The number of para-hydroxylation sites is 1. The molecule has 0 aliphatic carbocycles. The van der Waals surface area contributed by atoms with Crippen molar-refractivity contribution in [1.82, 2.24) is 63.5 Å². The predicted octanol–water partition coefficient (Wildman–Crippen LogP) is 2.93. The fourth-order valence-electron chi connectivity index (χ4n) is 12.2. The van der Waals surface area contributed by atoms with Gasteiger partial charge in [0.2, 0.25) is 59.1 Å². The fourth-order valence-corrected chi connectivity index (χ4v) is 12.2. The quantitative estimate of drug-likeness (QED) is 0.0220. The Morgan fingerprint density at radius 3 is 1.74 bits per heavy atom. The van der Waals surface area contributed by atoms with Crippen molar-refractivity contribution in [2.75, 3.05) is 92.1 Å². The van der Waals surface area contributed by atoms with E-state index in [2.05, 4.69) is 70.4 Å². The lowest BCUT2D eigenvalue weighted by molar-refractivity contribution is -0.136. The number of hydrogen-bond donors (Lipinski definition) is 16. The van der Waals surface area contributed by atoms with Crippen molar-refractivity contribution in [3.05, 3.63) is 71.9 Å². The zero-order valence-electron chi connectivity index (χ0n) is 63.9. The van der Waals surface area contributed by atoms with Crippen molar-refractivity contribution < 1.29 is 71.7 Å². The van der Waals surface area contributed by atoms with E-state index in [1.165, 1.54) is 64.2 Å². The largest absolute Gasteiger partial charge is 0.377 e. The summed E-state index contributed by atoms with van der Waals surface area (Å²) in [4.78, 5) is 155. The van der Waals surface area contributed by atoms with Crippen LogP contribution in [0.5, 0.6) is 0 Å². The molecule has 0 spiro atoms. The smallest absolute Gasteiger partial charge is 0.246 e. The Hall–Kier alpha value is -8.62. The SMILES string of the molecule is CCCCCCCCCCCCCCCC(=O)NCCOCCOCC(=O)NCCOCCOCC(=O)N[C@@H](CCCC)C(=O)N[C@H]1CCC(=O)CCCNCCCC[C@@H](C(N)=O)NC(=O)[C@H](Cc2c[nH]c3ccccc23)NC(=O)[C@H](CCCNC(=N)N)NC(=O)[C@@H](Cc2ccccc2)NC(=O)[C@H](CN)NC1=O. The first-order chi connectivity index (χ1) is 52.3. The topological polar surface area (TPSA) is 475 Å². The number of primary amides is 1. The molecule has 2 aromatic carbocycles. The van der Waals surface area contributed by atoms with Gasteiger partial charge in [0.05, 0.1) is 39.6 Å².